The van der Waals surface area contributed by atoms with Crippen molar-refractivity contribution in [1.29, 1.82) is 0 Å². The fraction of sp³-hybridized carbons (Fsp3) is 0.200. The summed E-state index contributed by atoms with van der Waals surface area (Å²) in [5.41, 5.74) is 6.86. The first-order valence-corrected chi connectivity index (χ1v) is 11.3. The molecule has 0 saturated heterocycles. The van der Waals surface area contributed by atoms with Gasteiger partial charge in [-0.15, -0.1) is 0 Å². The van der Waals surface area contributed by atoms with Crippen LogP contribution in [0.4, 0.5) is 11.4 Å². The van der Waals surface area contributed by atoms with Gasteiger partial charge in [-0.1, -0.05) is 45.8 Å². The summed E-state index contributed by atoms with van der Waals surface area (Å²) in [5.74, 6) is -0.154. The van der Waals surface area contributed by atoms with Crippen LogP contribution in [-0.4, -0.2) is 37.5 Å². The van der Waals surface area contributed by atoms with E-state index in [0.29, 0.717) is 17.0 Å². The fourth-order valence-corrected chi connectivity index (χ4v) is 3.89. The van der Waals surface area contributed by atoms with Gasteiger partial charge in [0.05, 0.1) is 5.56 Å². The molecule has 0 aliphatic carbocycles. The molecular weight excluding hydrogens is 484 g/mol. The summed E-state index contributed by atoms with van der Waals surface area (Å²) in [6.07, 6.45) is -0.578. The standard InChI is InChI=1S/C25H25BrN4O3/c1-16-4-11-20(12-5-16)33-15-23(31)28-30-24(17-6-9-19(10-7-17)29(2)3)27-22-13-8-18(26)14-21(22)25(30)32/h4-14,24,27H,15H2,1-3H3,(H,28,31). The van der Waals surface area contributed by atoms with E-state index in [2.05, 4.69) is 26.7 Å². The number of carbonyl (C=O) groups excluding carboxylic acids is 2. The van der Waals surface area contributed by atoms with Crippen LogP contribution < -0.4 is 20.4 Å². The molecule has 1 atom stereocenters. The molecule has 1 aliphatic heterocycles. The van der Waals surface area contributed by atoms with Crippen LogP contribution >= 0.6 is 15.9 Å². The Labute approximate surface area is 201 Å². The Morgan fingerprint density at radius 1 is 1.09 bits per heavy atom. The number of ether oxygens (including phenoxy) is 1. The number of amides is 2. The SMILES string of the molecule is Cc1ccc(OCC(=O)NN2C(=O)c3cc(Br)ccc3NC2c2ccc(N(C)C)cc2)cc1. The number of hydrazine groups is 1. The van der Waals surface area contributed by atoms with E-state index in [1.807, 2.05) is 74.4 Å². The van der Waals surface area contributed by atoms with Gasteiger partial charge in [-0.2, -0.15) is 0 Å². The van der Waals surface area contributed by atoms with Crippen molar-refractivity contribution >= 4 is 39.1 Å². The van der Waals surface area contributed by atoms with E-state index in [0.717, 1.165) is 21.3 Å². The summed E-state index contributed by atoms with van der Waals surface area (Å²) < 4.78 is 6.36. The summed E-state index contributed by atoms with van der Waals surface area (Å²) in [7, 11) is 3.93. The second kappa shape index (κ2) is 9.54. The Kier molecular flexibility index (Phi) is 6.55. The van der Waals surface area contributed by atoms with Crippen LogP contribution in [0.15, 0.2) is 71.2 Å². The number of carbonyl (C=O) groups is 2. The van der Waals surface area contributed by atoms with Crippen LogP contribution in [0.1, 0.15) is 27.7 Å². The molecule has 3 aromatic rings. The zero-order valence-electron chi connectivity index (χ0n) is 18.6. The molecule has 3 aromatic carbocycles. The number of halogens is 1. The monoisotopic (exact) mass is 508 g/mol. The van der Waals surface area contributed by atoms with Crippen LogP contribution in [0.2, 0.25) is 0 Å². The van der Waals surface area contributed by atoms with Gasteiger partial charge in [0.15, 0.2) is 6.61 Å². The molecule has 7 nitrogen and oxygen atoms in total. The minimum Gasteiger partial charge on any atom is -0.484 e. The van der Waals surface area contributed by atoms with Gasteiger partial charge < -0.3 is 15.0 Å². The predicted molar refractivity (Wildman–Crippen MR) is 132 cm³/mol. The van der Waals surface area contributed by atoms with Crippen LogP contribution in [0.25, 0.3) is 0 Å². The molecule has 8 heteroatoms. The molecule has 1 unspecified atom stereocenters. The lowest BCUT2D eigenvalue weighted by molar-refractivity contribution is -0.127. The molecule has 0 aromatic heterocycles. The maximum Gasteiger partial charge on any atom is 0.276 e. The van der Waals surface area contributed by atoms with E-state index in [4.69, 9.17) is 4.74 Å². The Bertz CT molecular complexity index is 1160. The van der Waals surface area contributed by atoms with E-state index in [1.54, 1.807) is 18.2 Å². The van der Waals surface area contributed by atoms with Crippen molar-refractivity contribution in [3.8, 4) is 5.75 Å². The number of benzene rings is 3. The lowest BCUT2D eigenvalue weighted by atomic mass is 10.0. The summed E-state index contributed by atoms with van der Waals surface area (Å²) in [4.78, 5) is 28.1. The lowest BCUT2D eigenvalue weighted by Gasteiger charge is -2.38. The lowest BCUT2D eigenvalue weighted by Crippen LogP contribution is -2.53. The third-order valence-electron chi connectivity index (χ3n) is 5.34. The van der Waals surface area contributed by atoms with Crippen LogP contribution in [0.3, 0.4) is 0 Å². The van der Waals surface area contributed by atoms with Gasteiger partial charge in [0, 0.05) is 29.9 Å². The molecule has 0 bridgehead atoms. The van der Waals surface area contributed by atoms with Gasteiger partial charge in [0.1, 0.15) is 11.9 Å². The number of nitrogens with zero attached hydrogens (tertiary/aromatic N) is 2. The minimum atomic E-state index is -0.578. The van der Waals surface area contributed by atoms with E-state index in [-0.39, 0.29) is 12.5 Å². The zero-order valence-corrected chi connectivity index (χ0v) is 20.2. The average molecular weight is 509 g/mol. The molecule has 0 radical (unpaired) electrons. The molecule has 1 aliphatic rings. The molecular formula is C25H25BrN4O3. The molecule has 1 heterocycles. The molecule has 2 N–H and O–H groups in total. The first-order valence-electron chi connectivity index (χ1n) is 10.5. The number of aryl methyl sites for hydroxylation is 1. The quantitative estimate of drug-likeness (QED) is 0.512. The number of hydrogen-bond donors (Lipinski definition) is 2. The Balaban J connectivity index is 1.57. The van der Waals surface area contributed by atoms with Gasteiger partial charge in [-0.25, -0.2) is 5.01 Å². The second-order valence-electron chi connectivity index (χ2n) is 8.03. The number of anilines is 2. The van der Waals surface area contributed by atoms with Gasteiger partial charge in [-0.3, -0.25) is 15.0 Å². The molecule has 0 fully saturated rings. The Morgan fingerprint density at radius 3 is 2.45 bits per heavy atom. The van der Waals surface area contributed by atoms with Crippen molar-refractivity contribution in [3.63, 3.8) is 0 Å². The summed E-state index contributed by atoms with van der Waals surface area (Å²) in [5, 5.41) is 4.69. The second-order valence-corrected chi connectivity index (χ2v) is 8.95. The Morgan fingerprint density at radius 2 is 1.79 bits per heavy atom. The molecule has 4 rings (SSSR count). The van der Waals surface area contributed by atoms with Crippen molar-refractivity contribution in [2.75, 3.05) is 30.9 Å². The van der Waals surface area contributed by atoms with E-state index in [9.17, 15) is 9.59 Å². The van der Waals surface area contributed by atoms with Crippen molar-refractivity contribution in [3.05, 3.63) is 87.9 Å². The number of hydrogen-bond acceptors (Lipinski definition) is 5. The van der Waals surface area contributed by atoms with Gasteiger partial charge in [0.25, 0.3) is 11.8 Å². The van der Waals surface area contributed by atoms with Crippen molar-refractivity contribution in [2.24, 2.45) is 0 Å². The molecule has 2 amide bonds. The number of rotatable bonds is 6. The summed E-state index contributed by atoms with van der Waals surface area (Å²) in [6, 6.07) is 20.7. The first kappa shape index (κ1) is 22.7. The highest BCUT2D eigenvalue weighted by Crippen LogP contribution is 2.34. The first-order chi connectivity index (χ1) is 15.8. The molecule has 0 spiro atoms. The largest absolute Gasteiger partial charge is 0.484 e. The van der Waals surface area contributed by atoms with Crippen LogP contribution in [0.5, 0.6) is 5.75 Å². The van der Waals surface area contributed by atoms with E-state index < -0.39 is 12.1 Å². The normalized spacial score (nSPS) is 14.8. The number of fused-ring (bicyclic) bond motifs is 1. The zero-order chi connectivity index (χ0) is 23.5. The Hall–Kier alpha value is -3.52. The van der Waals surface area contributed by atoms with Crippen LogP contribution in [-0.2, 0) is 4.79 Å². The van der Waals surface area contributed by atoms with Crippen molar-refractivity contribution in [2.45, 2.75) is 13.1 Å². The van der Waals surface area contributed by atoms with Crippen LogP contribution in [0, 0.1) is 6.92 Å². The summed E-state index contributed by atoms with van der Waals surface area (Å²) >= 11 is 3.42. The third-order valence-corrected chi connectivity index (χ3v) is 5.84. The van der Waals surface area contributed by atoms with Gasteiger partial charge in [0.2, 0.25) is 0 Å². The van der Waals surface area contributed by atoms with E-state index in [1.165, 1.54) is 5.01 Å². The molecule has 0 saturated carbocycles. The van der Waals surface area contributed by atoms with Gasteiger partial charge >= 0.3 is 0 Å². The predicted octanol–water partition coefficient (Wildman–Crippen LogP) is 4.50. The highest BCUT2D eigenvalue weighted by molar-refractivity contribution is 9.10. The number of nitrogens with one attached hydrogen (secondary N) is 2. The maximum atomic E-state index is 13.4. The topological polar surface area (TPSA) is 73.9 Å². The average Bonchev–Trinajstić information content (AvgIpc) is 2.81. The highest BCUT2D eigenvalue weighted by atomic mass is 79.9. The van der Waals surface area contributed by atoms with E-state index >= 15 is 0 Å². The third kappa shape index (κ3) is 5.12. The van der Waals surface area contributed by atoms with Crippen molar-refractivity contribution < 1.29 is 14.3 Å². The summed E-state index contributed by atoms with van der Waals surface area (Å²) in [6.45, 7) is 1.76. The maximum absolute atomic E-state index is 13.4. The highest BCUT2D eigenvalue weighted by Gasteiger charge is 2.34. The van der Waals surface area contributed by atoms with Crippen molar-refractivity contribution in [1.82, 2.24) is 10.4 Å². The molecule has 33 heavy (non-hydrogen) atoms. The van der Waals surface area contributed by atoms with Gasteiger partial charge in [-0.05, 0) is 55.0 Å². The smallest absolute Gasteiger partial charge is 0.276 e. The molecule has 170 valence electrons. The fourth-order valence-electron chi connectivity index (χ4n) is 3.53. The minimum absolute atomic E-state index is 0.218.